The molecule has 5 nitrogen and oxygen atoms in total. The first-order valence-electron chi connectivity index (χ1n) is 5.92. The molecule has 5 heteroatoms. The van der Waals surface area contributed by atoms with Crippen LogP contribution in [0.25, 0.3) is 6.08 Å². The normalized spacial score (nSPS) is 10.8. The molecular formula is C15H18O5. The molecule has 0 aliphatic carbocycles. The summed E-state index contributed by atoms with van der Waals surface area (Å²) in [7, 11) is 4.52. The summed E-state index contributed by atoms with van der Waals surface area (Å²) < 4.78 is 15.6. The van der Waals surface area contributed by atoms with E-state index in [9.17, 15) is 4.79 Å². The third-order valence-corrected chi connectivity index (χ3v) is 2.67. The average Bonchev–Trinajstić information content (AvgIpc) is 2.45. The van der Waals surface area contributed by atoms with Gasteiger partial charge < -0.3 is 19.3 Å². The number of carbonyl (C=O) groups is 1. The predicted molar refractivity (Wildman–Crippen MR) is 76.5 cm³/mol. The summed E-state index contributed by atoms with van der Waals surface area (Å²) in [5.74, 6) is 0.425. The van der Waals surface area contributed by atoms with Crippen LogP contribution in [0.2, 0.25) is 0 Å². The third kappa shape index (κ3) is 3.54. The van der Waals surface area contributed by atoms with Crippen LogP contribution in [0.15, 0.2) is 30.4 Å². The number of hydrogen-bond donors (Lipinski definition) is 1. The van der Waals surface area contributed by atoms with Gasteiger partial charge in [-0.1, -0.05) is 6.08 Å². The lowest BCUT2D eigenvalue weighted by molar-refractivity contribution is -0.132. The monoisotopic (exact) mass is 278 g/mol. The maximum Gasteiger partial charge on any atom is 0.331 e. The van der Waals surface area contributed by atoms with Gasteiger partial charge in [-0.05, 0) is 30.2 Å². The summed E-state index contributed by atoms with van der Waals surface area (Å²) in [4.78, 5) is 11.1. The van der Waals surface area contributed by atoms with Gasteiger partial charge in [-0.25, -0.2) is 4.79 Å². The first-order chi connectivity index (χ1) is 9.57. The van der Waals surface area contributed by atoms with Gasteiger partial charge in [-0.2, -0.15) is 0 Å². The van der Waals surface area contributed by atoms with Gasteiger partial charge in [0.15, 0.2) is 11.5 Å². The molecule has 108 valence electrons. The van der Waals surface area contributed by atoms with Crippen molar-refractivity contribution in [1.29, 1.82) is 0 Å². The Morgan fingerprint density at radius 3 is 2.10 bits per heavy atom. The largest absolute Gasteiger partial charge is 0.493 e. The fourth-order valence-electron chi connectivity index (χ4n) is 1.75. The summed E-state index contributed by atoms with van der Waals surface area (Å²) in [6.07, 6.45) is 3.36. The van der Waals surface area contributed by atoms with Gasteiger partial charge in [-0.15, -0.1) is 6.58 Å². The van der Waals surface area contributed by atoms with Crippen molar-refractivity contribution in [2.24, 2.45) is 0 Å². The number of rotatable bonds is 7. The van der Waals surface area contributed by atoms with Crippen LogP contribution in [0.3, 0.4) is 0 Å². The highest BCUT2D eigenvalue weighted by atomic mass is 16.5. The quantitative estimate of drug-likeness (QED) is 0.613. The molecule has 0 aliphatic rings. The minimum Gasteiger partial charge on any atom is -0.493 e. The fourth-order valence-corrected chi connectivity index (χ4v) is 1.75. The van der Waals surface area contributed by atoms with Crippen molar-refractivity contribution in [3.8, 4) is 17.2 Å². The van der Waals surface area contributed by atoms with E-state index in [1.54, 1.807) is 18.2 Å². The van der Waals surface area contributed by atoms with Gasteiger partial charge in [0.2, 0.25) is 5.75 Å². The van der Waals surface area contributed by atoms with E-state index >= 15 is 0 Å². The zero-order valence-electron chi connectivity index (χ0n) is 11.8. The fraction of sp³-hybridized carbons (Fsp3) is 0.267. The Morgan fingerprint density at radius 2 is 1.75 bits per heavy atom. The molecule has 0 saturated heterocycles. The van der Waals surface area contributed by atoms with Crippen molar-refractivity contribution in [2.75, 3.05) is 21.3 Å². The average molecular weight is 278 g/mol. The standard InChI is InChI=1S/C15H18O5/c1-5-6-11(15(16)17)7-10-8-12(18-2)14(20-4)13(9-10)19-3/h5,7-9H,1,6H2,2-4H3,(H,16,17)/b11-7+. The minimum absolute atomic E-state index is 0.231. The molecule has 1 aromatic rings. The van der Waals surface area contributed by atoms with E-state index in [2.05, 4.69) is 6.58 Å². The van der Waals surface area contributed by atoms with Crippen LogP contribution in [0, 0.1) is 0 Å². The molecular weight excluding hydrogens is 260 g/mol. The van der Waals surface area contributed by atoms with Gasteiger partial charge >= 0.3 is 5.97 Å². The van der Waals surface area contributed by atoms with Crippen LogP contribution < -0.4 is 14.2 Å². The molecule has 0 bridgehead atoms. The highest BCUT2D eigenvalue weighted by Gasteiger charge is 2.13. The molecule has 1 N–H and O–H groups in total. The number of ether oxygens (including phenoxy) is 3. The third-order valence-electron chi connectivity index (χ3n) is 2.67. The number of carboxylic acid groups (broad SMARTS) is 1. The molecule has 0 aliphatic heterocycles. The Labute approximate surface area is 118 Å². The molecule has 1 aromatic carbocycles. The van der Waals surface area contributed by atoms with Crippen LogP contribution >= 0.6 is 0 Å². The highest BCUT2D eigenvalue weighted by molar-refractivity contribution is 5.92. The molecule has 0 aromatic heterocycles. The summed E-state index contributed by atoms with van der Waals surface area (Å²) in [6.45, 7) is 3.55. The highest BCUT2D eigenvalue weighted by Crippen LogP contribution is 2.38. The van der Waals surface area contributed by atoms with Gasteiger partial charge in [0.1, 0.15) is 0 Å². The molecule has 0 atom stereocenters. The molecule has 0 fully saturated rings. The van der Waals surface area contributed by atoms with Gasteiger partial charge in [-0.3, -0.25) is 0 Å². The smallest absolute Gasteiger partial charge is 0.331 e. The Bertz CT molecular complexity index is 506. The van der Waals surface area contributed by atoms with Gasteiger partial charge in [0.25, 0.3) is 0 Å². The molecule has 0 heterocycles. The Morgan fingerprint density at radius 1 is 1.20 bits per heavy atom. The molecule has 0 amide bonds. The van der Waals surface area contributed by atoms with Crippen molar-refractivity contribution < 1.29 is 24.1 Å². The summed E-state index contributed by atoms with van der Waals surface area (Å²) in [5.41, 5.74) is 0.882. The molecule has 0 saturated carbocycles. The van der Waals surface area contributed by atoms with Gasteiger partial charge in [0.05, 0.1) is 21.3 Å². The molecule has 0 spiro atoms. The maximum absolute atomic E-state index is 11.1. The lowest BCUT2D eigenvalue weighted by atomic mass is 10.1. The number of benzene rings is 1. The number of aliphatic carboxylic acids is 1. The topological polar surface area (TPSA) is 65.0 Å². The molecule has 20 heavy (non-hydrogen) atoms. The van der Waals surface area contributed by atoms with E-state index in [0.717, 1.165) is 0 Å². The van der Waals surface area contributed by atoms with Crippen LogP contribution in [0.5, 0.6) is 17.2 Å². The summed E-state index contributed by atoms with van der Waals surface area (Å²) >= 11 is 0. The predicted octanol–water partition coefficient (Wildman–Crippen LogP) is 2.76. The second-order valence-corrected chi connectivity index (χ2v) is 3.93. The van der Waals surface area contributed by atoms with Crippen LogP contribution in [-0.2, 0) is 4.79 Å². The van der Waals surface area contributed by atoms with E-state index in [0.29, 0.717) is 22.8 Å². The number of carboxylic acids is 1. The maximum atomic E-state index is 11.1. The van der Waals surface area contributed by atoms with Crippen LogP contribution in [0.1, 0.15) is 12.0 Å². The Balaban J connectivity index is 3.34. The van der Waals surface area contributed by atoms with Crippen molar-refractivity contribution in [3.05, 3.63) is 35.9 Å². The molecule has 1 rings (SSSR count). The lowest BCUT2D eigenvalue weighted by Crippen LogP contribution is -2.00. The van der Waals surface area contributed by atoms with E-state index in [-0.39, 0.29) is 12.0 Å². The first kappa shape index (κ1) is 15.6. The van der Waals surface area contributed by atoms with Crippen LogP contribution in [0.4, 0.5) is 0 Å². The van der Waals surface area contributed by atoms with E-state index in [1.807, 2.05) is 0 Å². The minimum atomic E-state index is -0.987. The first-order valence-corrected chi connectivity index (χ1v) is 5.92. The van der Waals surface area contributed by atoms with E-state index in [1.165, 1.54) is 27.4 Å². The van der Waals surface area contributed by atoms with Crippen molar-refractivity contribution in [3.63, 3.8) is 0 Å². The van der Waals surface area contributed by atoms with E-state index in [4.69, 9.17) is 19.3 Å². The zero-order valence-corrected chi connectivity index (χ0v) is 11.8. The SMILES string of the molecule is C=CC/C(=C\c1cc(OC)c(OC)c(OC)c1)C(=O)O. The second kappa shape index (κ2) is 7.23. The van der Waals surface area contributed by atoms with Crippen LogP contribution in [-0.4, -0.2) is 32.4 Å². The molecule has 0 unspecified atom stereocenters. The lowest BCUT2D eigenvalue weighted by Gasteiger charge is -2.13. The van der Waals surface area contributed by atoms with Crippen molar-refractivity contribution >= 4 is 12.0 Å². The zero-order chi connectivity index (χ0) is 15.1. The molecule has 0 radical (unpaired) electrons. The second-order valence-electron chi connectivity index (χ2n) is 3.93. The Kier molecular flexibility index (Phi) is 5.65. The van der Waals surface area contributed by atoms with Crippen molar-refractivity contribution in [1.82, 2.24) is 0 Å². The van der Waals surface area contributed by atoms with E-state index < -0.39 is 5.97 Å². The summed E-state index contributed by atoms with van der Waals surface area (Å²) in [5, 5.41) is 9.12. The van der Waals surface area contributed by atoms with Crippen molar-refractivity contribution in [2.45, 2.75) is 6.42 Å². The number of allylic oxidation sites excluding steroid dienone is 1. The van der Waals surface area contributed by atoms with Gasteiger partial charge in [0, 0.05) is 5.57 Å². The number of methoxy groups -OCH3 is 3. The number of hydrogen-bond acceptors (Lipinski definition) is 4. The Hall–Kier alpha value is -2.43. The summed E-state index contributed by atoms with van der Waals surface area (Å²) in [6, 6.07) is 3.38.